The Balaban J connectivity index is 2.62. The minimum absolute atomic E-state index is 0.130. The number of hydrogen-bond acceptors (Lipinski definition) is 6. The molecule has 0 atom stereocenters. The van der Waals surface area contributed by atoms with Crippen LogP contribution in [0.25, 0.3) is 5.69 Å². The van der Waals surface area contributed by atoms with Crippen LogP contribution in [0.4, 0.5) is 13.2 Å². The van der Waals surface area contributed by atoms with Gasteiger partial charge < -0.3 is 5.73 Å². The number of aliphatic imine (C=N–C) groups is 1. The second kappa shape index (κ2) is 8.89. The van der Waals surface area contributed by atoms with Crippen molar-refractivity contribution in [3.05, 3.63) is 50.8 Å². The van der Waals surface area contributed by atoms with Crippen molar-refractivity contribution in [3.8, 4) is 17.8 Å². The lowest BCUT2D eigenvalue weighted by atomic mass is 10.2. The van der Waals surface area contributed by atoms with Crippen LogP contribution in [0.3, 0.4) is 0 Å². The fourth-order valence-corrected chi connectivity index (χ4v) is 2.90. The Labute approximate surface area is 181 Å². The van der Waals surface area contributed by atoms with E-state index in [1.807, 2.05) is 0 Å². The standard InChI is InChI=1S/C15H6Cl4F3N7/c16-7-1-6(15(20,21)22)2-8(17)12(7)29-14(13(18)19)27-11(28-29)5-26-10(4-24)9(25)3-23/h1-2,5,13H,25H2/b10-9-,26-5+. The molecule has 0 amide bonds. The number of aromatic nitrogens is 3. The van der Waals surface area contributed by atoms with Crippen LogP contribution in [0.5, 0.6) is 0 Å². The Morgan fingerprint density at radius 2 is 1.79 bits per heavy atom. The van der Waals surface area contributed by atoms with Gasteiger partial charge in [-0.2, -0.15) is 23.7 Å². The van der Waals surface area contributed by atoms with Gasteiger partial charge in [0.05, 0.1) is 21.8 Å². The van der Waals surface area contributed by atoms with Gasteiger partial charge in [0.1, 0.15) is 23.5 Å². The molecule has 0 bridgehead atoms. The van der Waals surface area contributed by atoms with Crippen molar-refractivity contribution >= 4 is 52.6 Å². The molecule has 150 valence electrons. The summed E-state index contributed by atoms with van der Waals surface area (Å²) in [5.74, 6) is -0.286. The first-order chi connectivity index (χ1) is 13.5. The topological polar surface area (TPSA) is 117 Å². The van der Waals surface area contributed by atoms with Crippen molar-refractivity contribution in [2.24, 2.45) is 10.7 Å². The molecular formula is C15H6Cl4F3N7. The van der Waals surface area contributed by atoms with Crippen molar-refractivity contribution in [3.63, 3.8) is 0 Å². The maximum atomic E-state index is 12.9. The van der Waals surface area contributed by atoms with Gasteiger partial charge in [-0.1, -0.05) is 46.4 Å². The van der Waals surface area contributed by atoms with Gasteiger partial charge in [0, 0.05) is 0 Å². The summed E-state index contributed by atoms with van der Waals surface area (Å²) in [6.07, 6.45) is -3.69. The molecule has 0 spiro atoms. The second-order valence-electron chi connectivity index (χ2n) is 5.07. The highest BCUT2D eigenvalue weighted by Gasteiger charge is 2.33. The number of allylic oxidation sites excluding steroid dienone is 2. The summed E-state index contributed by atoms with van der Waals surface area (Å²) < 4.78 is 39.7. The van der Waals surface area contributed by atoms with Crippen LogP contribution in [0.15, 0.2) is 28.5 Å². The molecule has 29 heavy (non-hydrogen) atoms. The van der Waals surface area contributed by atoms with E-state index in [-0.39, 0.29) is 27.4 Å². The van der Waals surface area contributed by atoms with Crippen LogP contribution < -0.4 is 5.73 Å². The number of hydrogen-bond donors (Lipinski definition) is 1. The molecule has 2 aromatic rings. The molecule has 1 aromatic heterocycles. The molecule has 0 fully saturated rings. The van der Waals surface area contributed by atoms with Crippen LogP contribution in [0.1, 0.15) is 22.0 Å². The van der Waals surface area contributed by atoms with Crippen LogP contribution in [-0.2, 0) is 6.18 Å². The Morgan fingerprint density at radius 1 is 1.21 bits per heavy atom. The summed E-state index contributed by atoms with van der Waals surface area (Å²) in [6, 6.07) is 4.47. The van der Waals surface area contributed by atoms with Gasteiger partial charge in [-0.15, -0.1) is 5.10 Å². The van der Waals surface area contributed by atoms with E-state index in [0.717, 1.165) is 10.9 Å². The minimum atomic E-state index is -4.67. The van der Waals surface area contributed by atoms with E-state index in [9.17, 15) is 13.2 Å². The summed E-state index contributed by atoms with van der Waals surface area (Å²) in [5, 5.41) is 20.8. The van der Waals surface area contributed by atoms with Crippen molar-refractivity contribution in [1.29, 1.82) is 10.5 Å². The summed E-state index contributed by atoms with van der Waals surface area (Å²) in [6.45, 7) is 0. The van der Waals surface area contributed by atoms with E-state index in [4.69, 9.17) is 62.7 Å². The summed E-state index contributed by atoms with van der Waals surface area (Å²) in [4.78, 5) is 6.39. The van der Waals surface area contributed by atoms with E-state index in [2.05, 4.69) is 15.1 Å². The van der Waals surface area contributed by atoms with Gasteiger partial charge >= 0.3 is 6.18 Å². The molecule has 1 heterocycles. The fourth-order valence-electron chi connectivity index (χ4n) is 1.97. The number of benzene rings is 1. The molecular weight excluding hydrogens is 477 g/mol. The summed E-state index contributed by atoms with van der Waals surface area (Å²) in [5.41, 5.74) is 3.27. The highest BCUT2D eigenvalue weighted by molar-refractivity contribution is 6.44. The first kappa shape index (κ1) is 22.8. The van der Waals surface area contributed by atoms with Gasteiger partial charge in [0.2, 0.25) is 0 Å². The first-order valence-corrected chi connectivity index (χ1v) is 8.78. The van der Waals surface area contributed by atoms with Gasteiger partial charge in [-0.25, -0.2) is 14.7 Å². The van der Waals surface area contributed by atoms with E-state index < -0.39 is 28.0 Å². The summed E-state index contributed by atoms with van der Waals surface area (Å²) in [7, 11) is 0. The highest BCUT2D eigenvalue weighted by Crippen LogP contribution is 2.38. The zero-order valence-electron chi connectivity index (χ0n) is 13.7. The van der Waals surface area contributed by atoms with Crippen LogP contribution in [-0.4, -0.2) is 21.0 Å². The van der Waals surface area contributed by atoms with Crippen molar-refractivity contribution in [2.75, 3.05) is 0 Å². The van der Waals surface area contributed by atoms with E-state index in [1.54, 1.807) is 12.1 Å². The summed E-state index contributed by atoms with van der Waals surface area (Å²) >= 11 is 23.7. The first-order valence-electron chi connectivity index (χ1n) is 7.15. The lowest BCUT2D eigenvalue weighted by Crippen LogP contribution is -2.09. The van der Waals surface area contributed by atoms with Crippen LogP contribution >= 0.6 is 46.4 Å². The van der Waals surface area contributed by atoms with Gasteiger partial charge in [0.25, 0.3) is 0 Å². The van der Waals surface area contributed by atoms with E-state index in [0.29, 0.717) is 12.1 Å². The number of nitrogens with two attached hydrogens (primary N) is 1. The molecule has 14 heteroatoms. The molecule has 1 aromatic carbocycles. The third-order valence-electron chi connectivity index (χ3n) is 3.19. The van der Waals surface area contributed by atoms with Gasteiger partial charge in [-0.3, -0.25) is 0 Å². The molecule has 0 saturated heterocycles. The van der Waals surface area contributed by atoms with Crippen molar-refractivity contribution < 1.29 is 13.2 Å². The number of rotatable bonds is 4. The van der Waals surface area contributed by atoms with E-state index >= 15 is 0 Å². The lowest BCUT2D eigenvalue weighted by Gasteiger charge is -2.13. The molecule has 0 aliphatic carbocycles. The fraction of sp³-hybridized carbons (Fsp3) is 0.133. The normalized spacial score (nSPS) is 12.8. The zero-order chi connectivity index (χ0) is 21.9. The predicted molar refractivity (Wildman–Crippen MR) is 101 cm³/mol. The Morgan fingerprint density at radius 3 is 2.24 bits per heavy atom. The van der Waals surface area contributed by atoms with Gasteiger partial charge in [-0.05, 0) is 12.1 Å². The third-order valence-corrected chi connectivity index (χ3v) is 4.16. The largest absolute Gasteiger partial charge is 0.416 e. The Bertz CT molecular complexity index is 1070. The molecule has 0 aliphatic heterocycles. The SMILES string of the molecule is N#C/C(N)=C(C#N)/N=C/c1nc(C(Cl)Cl)n(-c2c(Cl)cc(C(F)(F)F)cc2Cl)n1. The number of nitriles is 2. The average molecular weight is 483 g/mol. The lowest BCUT2D eigenvalue weighted by molar-refractivity contribution is -0.137. The molecule has 0 saturated carbocycles. The van der Waals surface area contributed by atoms with Crippen molar-refractivity contribution in [2.45, 2.75) is 11.0 Å². The molecule has 2 N–H and O–H groups in total. The quantitative estimate of drug-likeness (QED) is 0.385. The Kier molecular flexibility index (Phi) is 6.98. The smallest absolute Gasteiger partial charge is 0.388 e. The second-order valence-corrected chi connectivity index (χ2v) is 6.98. The monoisotopic (exact) mass is 481 g/mol. The van der Waals surface area contributed by atoms with Crippen molar-refractivity contribution in [1.82, 2.24) is 14.8 Å². The third kappa shape index (κ3) is 5.11. The number of halogens is 7. The van der Waals surface area contributed by atoms with E-state index in [1.165, 1.54) is 0 Å². The average Bonchev–Trinajstić information content (AvgIpc) is 3.04. The number of alkyl halides is 5. The molecule has 0 unspecified atom stereocenters. The predicted octanol–water partition coefficient (Wildman–Crippen LogP) is 4.71. The number of nitrogens with zero attached hydrogens (tertiary/aromatic N) is 6. The molecule has 7 nitrogen and oxygen atoms in total. The molecule has 2 rings (SSSR count). The minimum Gasteiger partial charge on any atom is -0.388 e. The van der Waals surface area contributed by atoms with Crippen LogP contribution in [0, 0.1) is 22.7 Å². The highest BCUT2D eigenvalue weighted by atomic mass is 35.5. The molecule has 0 radical (unpaired) electrons. The molecule has 0 aliphatic rings. The van der Waals surface area contributed by atoms with Crippen LogP contribution in [0.2, 0.25) is 10.0 Å². The Hall–Kier alpha value is -2.50. The maximum absolute atomic E-state index is 12.9. The zero-order valence-corrected chi connectivity index (χ0v) is 16.7. The van der Waals surface area contributed by atoms with Gasteiger partial charge in [0.15, 0.2) is 22.2 Å². The maximum Gasteiger partial charge on any atom is 0.416 e.